The van der Waals surface area contributed by atoms with E-state index in [1.807, 2.05) is 16.1 Å². The van der Waals surface area contributed by atoms with Crippen LogP contribution in [0.3, 0.4) is 0 Å². The lowest BCUT2D eigenvalue weighted by atomic mass is 9.93. The Balaban J connectivity index is 1.25. The Labute approximate surface area is 176 Å². The van der Waals surface area contributed by atoms with Crippen LogP contribution in [0.5, 0.6) is 0 Å². The Kier molecular flexibility index (Phi) is 4.45. The van der Waals surface area contributed by atoms with Crippen LogP contribution < -0.4 is 10.5 Å². The highest BCUT2D eigenvalue weighted by atomic mass is 32.1. The molecule has 0 unspecified atom stereocenters. The molecule has 1 fully saturated rings. The molecule has 0 saturated carbocycles. The summed E-state index contributed by atoms with van der Waals surface area (Å²) in [5.41, 5.74) is 1.93. The number of fused-ring (bicyclic) bond motifs is 2. The summed E-state index contributed by atoms with van der Waals surface area (Å²) in [6.45, 7) is 10.8. The van der Waals surface area contributed by atoms with Gasteiger partial charge < -0.3 is 4.90 Å². The minimum atomic E-state index is -0.00866. The van der Waals surface area contributed by atoms with E-state index in [4.69, 9.17) is 10.1 Å². The van der Waals surface area contributed by atoms with Gasteiger partial charge in [-0.25, -0.2) is 14.5 Å². The second kappa shape index (κ2) is 6.89. The number of thiazole rings is 1. The molecule has 1 saturated heterocycles. The number of nitrogens with zero attached hydrogens (tertiary/aromatic N) is 7. The van der Waals surface area contributed by atoms with Crippen molar-refractivity contribution in [2.75, 3.05) is 31.1 Å². The van der Waals surface area contributed by atoms with Crippen molar-refractivity contribution in [2.45, 2.75) is 32.7 Å². The quantitative estimate of drug-likeness (QED) is 0.498. The maximum atomic E-state index is 12.2. The van der Waals surface area contributed by atoms with Crippen LogP contribution >= 0.6 is 22.7 Å². The van der Waals surface area contributed by atoms with Gasteiger partial charge in [0.05, 0.1) is 17.6 Å². The van der Waals surface area contributed by atoms with Gasteiger partial charge in [-0.15, -0.1) is 16.4 Å². The SMILES string of the molecule is CC(C)(C)c1cn2nc(N3CCN(Cc4cc(=O)n5ccsc5n4)CC3)sc2n1. The molecule has 0 spiro atoms. The zero-order valence-corrected chi connectivity index (χ0v) is 18.3. The van der Waals surface area contributed by atoms with Crippen molar-refractivity contribution in [1.82, 2.24) is 28.9 Å². The summed E-state index contributed by atoms with van der Waals surface area (Å²) in [6, 6.07) is 1.65. The minimum Gasteiger partial charge on any atom is -0.344 e. The second-order valence-electron chi connectivity index (χ2n) is 8.39. The van der Waals surface area contributed by atoms with Crippen molar-refractivity contribution in [1.29, 1.82) is 0 Å². The zero-order chi connectivity index (χ0) is 20.2. The van der Waals surface area contributed by atoms with Gasteiger partial charge in [0.15, 0.2) is 4.96 Å². The smallest absolute Gasteiger partial charge is 0.258 e. The number of hydrogen-bond donors (Lipinski definition) is 0. The molecule has 0 bridgehead atoms. The molecular weight excluding hydrogens is 406 g/mol. The van der Waals surface area contributed by atoms with E-state index in [9.17, 15) is 4.79 Å². The second-order valence-corrected chi connectivity index (χ2v) is 10.2. The molecule has 0 atom stereocenters. The summed E-state index contributed by atoms with van der Waals surface area (Å²) >= 11 is 3.13. The van der Waals surface area contributed by atoms with E-state index in [0.717, 1.165) is 52.6 Å². The number of hydrogen-bond acceptors (Lipinski definition) is 8. The van der Waals surface area contributed by atoms with Crippen molar-refractivity contribution in [2.24, 2.45) is 0 Å². The predicted molar refractivity (Wildman–Crippen MR) is 116 cm³/mol. The number of aromatic nitrogens is 5. The van der Waals surface area contributed by atoms with Crippen LogP contribution in [0.1, 0.15) is 32.2 Å². The normalized spacial score (nSPS) is 16.3. The first-order chi connectivity index (χ1) is 13.9. The standard InChI is InChI=1S/C19H23N7OS2/c1-19(2,3)14-12-26-17(21-14)29-18(22-26)24-6-4-23(5-7-24)11-13-10-15(27)25-8-9-28-16(25)20-13/h8-10,12H,4-7,11H2,1-3H3. The lowest BCUT2D eigenvalue weighted by molar-refractivity contribution is 0.247. The van der Waals surface area contributed by atoms with Crippen LogP contribution in [0.2, 0.25) is 0 Å². The van der Waals surface area contributed by atoms with E-state index < -0.39 is 0 Å². The van der Waals surface area contributed by atoms with Crippen LogP contribution in [0, 0.1) is 0 Å². The average Bonchev–Trinajstić information content (AvgIpc) is 3.36. The van der Waals surface area contributed by atoms with E-state index in [1.54, 1.807) is 28.0 Å². The number of piperazine rings is 1. The number of anilines is 1. The van der Waals surface area contributed by atoms with Crippen molar-refractivity contribution < 1.29 is 0 Å². The van der Waals surface area contributed by atoms with Crippen LogP contribution in [0.4, 0.5) is 5.13 Å². The Morgan fingerprint density at radius 1 is 1.10 bits per heavy atom. The van der Waals surface area contributed by atoms with Gasteiger partial charge in [0.25, 0.3) is 5.56 Å². The average molecular weight is 430 g/mol. The highest BCUT2D eigenvalue weighted by Crippen LogP contribution is 2.28. The van der Waals surface area contributed by atoms with Gasteiger partial charge in [0, 0.05) is 55.8 Å². The Hall–Kier alpha value is -2.30. The van der Waals surface area contributed by atoms with E-state index in [2.05, 4.69) is 35.6 Å². The molecule has 0 radical (unpaired) electrons. The van der Waals surface area contributed by atoms with E-state index in [-0.39, 0.29) is 11.0 Å². The van der Waals surface area contributed by atoms with E-state index in [0.29, 0.717) is 6.54 Å². The molecule has 10 heteroatoms. The van der Waals surface area contributed by atoms with Crippen LogP contribution in [-0.2, 0) is 12.0 Å². The summed E-state index contributed by atoms with van der Waals surface area (Å²) in [4.78, 5) is 27.9. The first-order valence-electron chi connectivity index (χ1n) is 9.67. The van der Waals surface area contributed by atoms with Gasteiger partial charge in [-0.05, 0) is 0 Å². The fourth-order valence-corrected chi connectivity index (χ4v) is 5.15. The van der Waals surface area contributed by atoms with Gasteiger partial charge in [-0.3, -0.25) is 14.1 Å². The molecule has 4 aromatic rings. The summed E-state index contributed by atoms with van der Waals surface area (Å²) < 4.78 is 3.50. The Morgan fingerprint density at radius 3 is 2.62 bits per heavy atom. The minimum absolute atomic E-state index is 0.00866. The molecule has 1 aliphatic rings. The molecule has 152 valence electrons. The molecule has 1 aliphatic heterocycles. The predicted octanol–water partition coefficient (Wildman–Crippen LogP) is 2.48. The van der Waals surface area contributed by atoms with E-state index in [1.165, 1.54) is 11.3 Å². The largest absolute Gasteiger partial charge is 0.344 e. The van der Waals surface area contributed by atoms with Crippen molar-refractivity contribution >= 4 is 37.7 Å². The van der Waals surface area contributed by atoms with Crippen LogP contribution in [0.15, 0.2) is 28.6 Å². The maximum Gasteiger partial charge on any atom is 0.258 e. The van der Waals surface area contributed by atoms with Crippen LogP contribution in [0.25, 0.3) is 9.92 Å². The number of rotatable bonds is 3. The fraction of sp³-hybridized carbons (Fsp3) is 0.474. The Bertz CT molecular complexity index is 1190. The third-order valence-electron chi connectivity index (χ3n) is 5.19. The lowest BCUT2D eigenvalue weighted by Crippen LogP contribution is -2.46. The highest BCUT2D eigenvalue weighted by molar-refractivity contribution is 7.20. The molecule has 5 rings (SSSR count). The van der Waals surface area contributed by atoms with Gasteiger partial charge in [0.1, 0.15) is 0 Å². The monoisotopic (exact) mass is 429 g/mol. The molecule has 5 heterocycles. The number of imidazole rings is 1. The molecule has 0 N–H and O–H groups in total. The summed E-state index contributed by atoms with van der Waals surface area (Å²) in [5, 5.41) is 7.65. The molecule has 8 nitrogen and oxygen atoms in total. The van der Waals surface area contributed by atoms with Crippen molar-refractivity contribution in [3.63, 3.8) is 0 Å². The van der Waals surface area contributed by atoms with Crippen molar-refractivity contribution in [3.8, 4) is 0 Å². The molecule has 4 aromatic heterocycles. The lowest BCUT2D eigenvalue weighted by Gasteiger charge is -2.34. The van der Waals surface area contributed by atoms with E-state index >= 15 is 0 Å². The van der Waals surface area contributed by atoms with Gasteiger partial charge in [-0.2, -0.15) is 0 Å². The fourth-order valence-electron chi connectivity index (χ4n) is 3.47. The third kappa shape index (κ3) is 3.56. The molecule has 29 heavy (non-hydrogen) atoms. The Morgan fingerprint density at radius 2 is 1.90 bits per heavy atom. The molecule has 0 amide bonds. The topological polar surface area (TPSA) is 71.0 Å². The summed E-state index contributed by atoms with van der Waals surface area (Å²) in [6.07, 6.45) is 3.81. The first-order valence-corrected chi connectivity index (χ1v) is 11.4. The molecular formula is C19H23N7OS2. The van der Waals surface area contributed by atoms with Gasteiger partial charge >= 0.3 is 0 Å². The first kappa shape index (κ1) is 18.7. The van der Waals surface area contributed by atoms with Crippen LogP contribution in [-0.4, -0.2) is 55.1 Å². The maximum absolute atomic E-state index is 12.2. The van der Waals surface area contributed by atoms with Crippen molar-refractivity contribution in [3.05, 3.63) is 45.6 Å². The van der Waals surface area contributed by atoms with Gasteiger partial charge in [-0.1, -0.05) is 32.1 Å². The highest BCUT2D eigenvalue weighted by Gasteiger charge is 2.23. The summed E-state index contributed by atoms with van der Waals surface area (Å²) in [5.74, 6) is 0. The zero-order valence-electron chi connectivity index (χ0n) is 16.7. The third-order valence-corrected chi connectivity index (χ3v) is 6.93. The molecule has 0 aliphatic carbocycles. The van der Waals surface area contributed by atoms with Gasteiger partial charge in [0.2, 0.25) is 10.1 Å². The summed E-state index contributed by atoms with van der Waals surface area (Å²) in [7, 11) is 0. The molecule has 0 aromatic carbocycles.